The van der Waals surface area contributed by atoms with Gasteiger partial charge in [0.2, 0.25) is 11.7 Å². The molecule has 4 heterocycles. The van der Waals surface area contributed by atoms with Gasteiger partial charge in [-0.1, -0.05) is 5.16 Å². The first-order valence-corrected chi connectivity index (χ1v) is 6.20. The maximum absolute atomic E-state index is 11.5. The Morgan fingerprint density at radius 3 is 3.10 bits per heavy atom. The van der Waals surface area contributed by atoms with Crippen LogP contribution in [0.5, 0.6) is 0 Å². The quantitative estimate of drug-likeness (QED) is 0.607. The van der Waals surface area contributed by atoms with Crippen molar-refractivity contribution in [3.63, 3.8) is 0 Å². The highest BCUT2D eigenvalue weighted by Gasteiger charge is 2.11. The van der Waals surface area contributed by atoms with Gasteiger partial charge in [0, 0.05) is 11.8 Å². The minimum atomic E-state index is -0.311. The second-order valence-electron chi connectivity index (χ2n) is 4.49. The Kier molecular flexibility index (Phi) is 2.46. The molecule has 0 aliphatic heterocycles. The van der Waals surface area contributed by atoms with Gasteiger partial charge in [0.05, 0.1) is 18.9 Å². The summed E-state index contributed by atoms with van der Waals surface area (Å²) in [6.07, 6.45) is 5.33. The Labute approximate surface area is 117 Å². The van der Waals surface area contributed by atoms with Gasteiger partial charge in [-0.3, -0.25) is 0 Å². The van der Waals surface area contributed by atoms with Crippen molar-refractivity contribution in [2.75, 3.05) is 0 Å². The normalized spacial score (nSPS) is 11.2. The molecule has 4 aromatic heterocycles. The predicted octanol–water partition coefficient (Wildman–Crippen LogP) is 1.26. The largest absolute Gasteiger partial charge is 0.472 e. The zero-order valence-electron chi connectivity index (χ0n) is 10.7. The fourth-order valence-corrected chi connectivity index (χ4v) is 2.05. The summed E-state index contributed by atoms with van der Waals surface area (Å²) >= 11 is 0. The van der Waals surface area contributed by atoms with Crippen molar-refractivity contribution in [3.8, 4) is 11.4 Å². The summed E-state index contributed by atoms with van der Waals surface area (Å²) in [6, 6.07) is 5.32. The van der Waals surface area contributed by atoms with E-state index in [1.807, 2.05) is 6.07 Å². The molecule has 0 saturated heterocycles. The van der Waals surface area contributed by atoms with Gasteiger partial charge in [-0.15, -0.1) is 0 Å². The number of furan rings is 1. The monoisotopic (exact) mass is 283 g/mol. The second kappa shape index (κ2) is 4.44. The second-order valence-corrected chi connectivity index (χ2v) is 4.49. The third-order valence-corrected chi connectivity index (χ3v) is 3.07. The lowest BCUT2D eigenvalue weighted by atomic mass is 10.2. The van der Waals surface area contributed by atoms with E-state index in [2.05, 4.69) is 20.3 Å². The molecule has 0 amide bonds. The first-order valence-electron chi connectivity index (χ1n) is 6.20. The smallest absolute Gasteiger partial charge is 0.347 e. The van der Waals surface area contributed by atoms with Crippen LogP contribution in [0.2, 0.25) is 0 Å². The Morgan fingerprint density at radius 2 is 2.24 bits per heavy atom. The highest BCUT2D eigenvalue weighted by atomic mass is 16.5. The highest BCUT2D eigenvalue weighted by molar-refractivity contribution is 5.56. The van der Waals surface area contributed by atoms with Crippen molar-refractivity contribution in [2.45, 2.75) is 6.42 Å². The predicted molar refractivity (Wildman–Crippen MR) is 70.6 cm³/mol. The van der Waals surface area contributed by atoms with Crippen molar-refractivity contribution in [1.82, 2.24) is 24.7 Å². The summed E-state index contributed by atoms with van der Waals surface area (Å²) < 4.78 is 11.6. The zero-order chi connectivity index (χ0) is 14.2. The summed E-state index contributed by atoms with van der Waals surface area (Å²) in [4.78, 5) is 15.9. The lowest BCUT2D eigenvalue weighted by molar-refractivity contribution is 0.385. The van der Waals surface area contributed by atoms with Gasteiger partial charge in [-0.05, 0) is 23.8 Å². The molecule has 0 bridgehead atoms. The number of fused-ring (bicyclic) bond motifs is 1. The number of H-pyrrole nitrogens is 1. The molecule has 0 spiro atoms. The number of rotatable bonds is 3. The lowest BCUT2D eigenvalue weighted by Gasteiger charge is -1.94. The molecule has 0 atom stereocenters. The SMILES string of the molecule is O=c1[nH]nc2ccc(-c3noc(Cc4ccoc4)n3)cn12. The maximum atomic E-state index is 11.5. The van der Waals surface area contributed by atoms with Crippen molar-refractivity contribution >= 4 is 5.65 Å². The Balaban J connectivity index is 1.70. The van der Waals surface area contributed by atoms with Crippen LogP contribution in [-0.4, -0.2) is 24.7 Å². The standard InChI is InChI=1S/C13H9N5O3/c19-13-16-15-10-2-1-9(6-18(10)13)12-14-11(21-17-12)5-8-3-4-20-7-8/h1-4,6-7H,5H2,(H,16,19). The average molecular weight is 283 g/mol. The molecular formula is C13H9N5O3. The van der Waals surface area contributed by atoms with E-state index in [0.717, 1.165) is 5.56 Å². The molecule has 0 unspecified atom stereocenters. The number of aromatic amines is 1. The molecule has 1 N–H and O–H groups in total. The number of nitrogens with one attached hydrogen (secondary N) is 1. The van der Waals surface area contributed by atoms with Gasteiger partial charge >= 0.3 is 5.69 Å². The Hall–Kier alpha value is -3.16. The molecule has 0 fully saturated rings. The number of hydrogen-bond acceptors (Lipinski definition) is 6. The van der Waals surface area contributed by atoms with E-state index in [1.54, 1.807) is 30.9 Å². The minimum absolute atomic E-state index is 0.311. The van der Waals surface area contributed by atoms with Gasteiger partial charge in [0.15, 0.2) is 5.65 Å². The Morgan fingerprint density at radius 1 is 1.29 bits per heavy atom. The molecule has 4 rings (SSSR count). The number of pyridine rings is 1. The molecule has 0 aliphatic rings. The molecule has 104 valence electrons. The molecule has 21 heavy (non-hydrogen) atoms. The van der Waals surface area contributed by atoms with Crippen molar-refractivity contribution in [3.05, 3.63) is 58.9 Å². The topological polar surface area (TPSA) is 102 Å². The fraction of sp³-hybridized carbons (Fsp3) is 0.0769. The van der Waals surface area contributed by atoms with Gasteiger partial charge in [-0.2, -0.15) is 10.1 Å². The summed E-state index contributed by atoms with van der Waals surface area (Å²) in [5.74, 6) is 0.898. The molecule has 0 aromatic carbocycles. The molecule has 0 aliphatic carbocycles. The van der Waals surface area contributed by atoms with Gasteiger partial charge in [0.25, 0.3) is 0 Å². The molecule has 0 saturated carbocycles. The van der Waals surface area contributed by atoms with Crippen molar-refractivity contribution in [2.24, 2.45) is 0 Å². The minimum Gasteiger partial charge on any atom is -0.472 e. The number of aromatic nitrogens is 5. The maximum Gasteiger partial charge on any atom is 0.347 e. The molecule has 8 nitrogen and oxygen atoms in total. The number of nitrogens with zero attached hydrogens (tertiary/aromatic N) is 4. The number of hydrogen-bond donors (Lipinski definition) is 1. The van der Waals surface area contributed by atoms with E-state index >= 15 is 0 Å². The van der Waals surface area contributed by atoms with Gasteiger partial charge < -0.3 is 8.94 Å². The van der Waals surface area contributed by atoms with E-state index in [9.17, 15) is 4.79 Å². The van der Waals surface area contributed by atoms with E-state index < -0.39 is 0 Å². The van der Waals surface area contributed by atoms with Crippen LogP contribution in [0.3, 0.4) is 0 Å². The molecule has 4 aromatic rings. The molecular weight excluding hydrogens is 274 g/mol. The third kappa shape index (κ3) is 2.02. The van der Waals surface area contributed by atoms with Crippen molar-refractivity contribution in [1.29, 1.82) is 0 Å². The van der Waals surface area contributed by atoms with E-state index in [4.69, 9.17) is 8.94 Å². The highest BCUT2D eigenvalue weighted by Crippen LogP contribution is 2.17. The van der Waals surface area contributed by atoms with E-state index in [0.29, 0.717) is 29.3 Å². The summed E-state index contributed by atoms with van der Waals surface area (Å²) in [6.45, 7) is 0. The lowest BCUT2D eigenvalue weighted by Crippen LogP contribution is -2.08. The first-order chi connectivity index (χ1) is 10.3. The fourth-order valence-electron chi connectivity index (χ4n) is 2.05. The van der Waals surface area contributed by atoms with Gasteiger partial charge in [-0.25, -0.2) is 14.3 Å². The van der Waals surface area contributed by atoms with Crippen LogP contribution in [0.25, 0.3) is 17.0 Å². The van der Waals surface area contributed by atoms with Crippen LogP contribution in [0.4, 0.5) is 0 Å². The molecule has 8 heteroatoms. The average Bonchev–Trinajstić information content (AvgIpc) is 3.22. The first kappa shape index (κ1) is 11.6. The van der Waals surface area contributed by atoms with Crippen LogP contribution in [0.1, 0.15) is 11.5 Å². The van der Waals surface area contributed by atoms with Crippen molar-refractivity contribution < 1.29 is 8.94 Å². The van der Waals surface area contributed by atoms with Gasteiger partial charge in [0.1, 0.15) is 0 Å². The van der Waals surface area contributed by atoms with Crippen LogP contribution >= 0.6 is 0 Å². The van der Waals surface area contributed by atoms with E-state index in [-0.39, 0.29) is 5.69 Å². The van der Waals surface area contributed by atoms with E-state index in [1.165, 1.54) is 4.40 Å². The van der Waals surface area contributed by atoms with Crippen LogP contribution in [-0.2, 0) is 6.42 Å². The third-order valence-electron chi connectivity index (χ3n) is 3.07. The summed E-state index contributed by atoms with van der Waals surface area (Å²) in [5.41, 5.74) is 1.85. The summed E-state index contributed by atoms with van der Waals surface area (Å²) in [7, 11) is 0. The van der Waals surface area contributed by atoms with Crippen LogP contribution in [0, 0.1) is 0 Å². The van der Waals surface area contributed by atoms with Crippen LogP contribution in [0.15, 0.2) is 50.7 Å². The van der Waals surface area contributed by atoms with Crippen LogP contribution < -0.4 is 5.69 Å². The summed E-state index contributed by atoms with van der Waals surface area (Å²) in [5, 5.41) is 10.2. The Bertz CT molecular complexity index is 948. The molecule has 0 radical (unpaired) electrons. The zero-order valence-corrected chi connectivity index (χ0v) is 10.7.